The van der Waals surface area contributed by atoms with Gasteiger partial charge in [-0.25, -0.2) is 43.9 Å². The van der Waals surface area contributed by atoms with Gasteiger partial charge in [0.05, 0.1) is 23.3 Å². The summed E-state index contributed by atoms with van der Waals surface area (Å²) in [5.41, 5.74) is 1.15. The van der Waals surface area contributed by atoms with E-state index in [2.05, 4.69) is 12.1 Å². The fraction of sp³-hybridized carbons (Fsp3) is 0.469. The predicted octanol–water partition coefficient (Wildman–Crippen LogP) is 15.5. The molecule has 63 heavy (non-hydrogen) atoms. The molecule has 0 heterocycles. The Morgan fingerprint density at radius 3 is 1.25 bits per heavy atom. The van der Waals surface area contributed by atoms with Crippen molar-refractivity contribution in [1.29, 1.82) is 10.5 Å². The Kier molecular flexibility index (Phi) is 19.6. The Morgan fingerprint density at radius 2 is 0.873 bits per heavy atom. The first-order chi connectivity index (χ1) is 29.6. The Balaban J connectivity index is 0.000000327. The molecule has 1 aliphatic rings. The fourth-order valence-electron chi connectivity index (χ4n) is 7.20. The molecule has 0 aliphatic heterocycles. The van der Waals surface area contributed by atoms with Crippen LogP contribution in [0.4, 0.5) is 43.9 Å². The standard InChI is InChI=1S/C26H28F5NS.C21H20F5NS.C2H6/c1-26(2,3)17-10-15(12-19-21(27)23(29)25(31)24(30)22(19)28)20(13-32)16(11-17)14-33-18-8-6-4-5-7-9-18;1-21(2,3)13-5-11(16(9-27)12(6-13)10-28-4)7-14-15(8-22)18(24)20(26)19(25)17(14)23;1-2/h10-11,18H,4-9,12,14H2,1-3H3;5-6H,7-8,10H2,1-4H3;1-2H3. The molecule has 5 rings (SSSR count). The van der Waals surface area contributed by atoms with E-state index < -0.39 is 88.6 Å². The molecule has 1 fully saturated rings. The molecule has 0 saturated heterocycles. The average Bonchev–Trinajstić information content (AvgIpc) is 3.53. The summed E-state index contributed by atoms with van der Waals surface area (Å²) in [5, 5.41) is 20.0. The lowest BCUT2D eigenvalue weighted by Gasteiger charge is -2.23. The summed E-state index contributed by atoms with van der Waals surface area (Å²) in [6, 6.07) is 11.3. The van der Waals surface area contributed by atoms with Crippen molar-refractivity contribution in [2.75, 3.05) is 6.26 Å². The monoisotopic (exact) mass is 924 g/mol. The molecule has 0 aromatic heterocycles. The van der Waals surface area contributed by atoms with Gasteiger partial charge in [0.1, 0.15) is 6.67 Å². The molecule has 4 aromatic rings. The quantitative estimate of drug-likeness (QED) is 0.0688. The second kappa shape index (κ2) is 23.2. The minimum absolute atomic E-state index is 0.244. The third-order valence-electron chi connectivity index (χ3n) is 10.8. The van der Waals surface area contributed by atoms with Crippen molar-refractivity contribution in [3.8, 4) is 12.1 Å². The van der Waals surface area contributed by atoms with E-state index in [4.69, 9.17) is 0 Å². The molecule has 1 saturated carbocycles. The van der Waals surface area contributed by atoms with Crippen molar-refractivity contribution in [1.82, 2.24) is 0 Å². The van der Waals surface area contributed by atoms with Crippen molar-refractivity contribution >= 4 is 23.5 Å². The van der Waals surface area contributed by atoms with Crippen molar-refractivity contribution in [3.05, 3.63) is 138 Å². The molecule has 0 N–H and O–H groups in total. The van der Waals surface area contributed by atoms with Crippen LogP contribution in [0.15, 0.2) is 24.3 Å². The maximum Gasteiger partial charge on any atom is 0.200 e. The number of nitriles is 2. The Labute approximate surface area is 373 Å². The molecule has 1 aliphatic carbocycles. The number of benzene rings is 4. The van der Waals surface area contributed by atoms with Gasteiger partial charge in [0, 0.05) is 46.3 Å². The maximum absolute atomic E-state index is 14.4. The van der Waals surface area contributed by atoms with Crippen LogP contribution in [-0.4, -0.2) is 11.5 Å². The summed E-state index contributed by atoms with van der Waals surface area (Å²) in [6.07, 6.45) is 7.92. The number of halogens is 10. The van der Waals surface area contributed by atoms with Gasteiger partial charge < -0.3 is 0 Å². The highest BCUT2D eigenvalue weighted by molar-refractivity contribution is 7.99. The third-order valence-corrected chi connectivity index (χ3v) is 12.8. The van der Waals surface area contributed by atoms with Crippen LogP contribution in [0.5, 0.6) is 0 Å². The largest absolute Gasteiger partial charge is 0.246 e. The third kappa shape index (κ3) is 12.8. The highest BCUT2D eigenvalue weighted by Gasteiger charge is 2.29. The SMILES string of the molecule is CC.CC(C)(C)c1cc(CSC2CCCCCC2)c(C#N)c(Cc2c(F)c(F)c(F)c(F)c2F)c1.CSCc1cc(C(C)(C)C)cc(Cc2c(F)c(F)c(F)c(F)c2CF)c1C#N. The normalized spacial score (nSPS) is 13.3. The lowest BCUT2D eigenvalue weighted by Crippen LogP contribution is -2.15. The number of hydrogen-bond acceptors (Lipinski definition) is 4. The lowest BCUT2D eigenvalue weighted by molar-refractivity contribution is 0.371. The highest BCUT2D eigenvalue weighted by Crippen LogP contribution is 2.36. The van der Waals surface area contributed by atoms with E-state index >= 15 is 0 Å². The van der Waals surface area contributed by atoms with E-state index in [-0.39, 0.29) is 27.5 Å². The van der Waals surface area contributed by atoms with Gasteiger partial charge >= 0.3 is 0 Å². The van der Waals surface area contributed by atoms with Crippen LogP contribution < -0.4 is 0 Å². The summed E-state index contributed by atoms with van der Waals surface area (Å²) in [6.45, 7) is 14.3. The minimum Gasteiger partial charge on any atom is -0.246 e. The zero-order chi connectivity index (χ0) is 47.6. The van der Waals surface area contributed by atoms with Crippen LogP contribution in [0.25, 0.3) is 0 Å². The van der Waals surface area contributed by atoms with Crippen LogP contribution in [0, 0.1) is 75.0 Å². The maximum atomic E-state index is 14.4. The number of hydrogen-bond donors (Lipinski definition) is 0. The second-order valence-corrected chi connectivity index (χ2v) is 19.3. The van der Waals surface area contributed by atoms with Gasteiger partial charge in [-0.3, -0.25) is 0 Å². The first-order valence-electron chi connectivity index (χ1n) is 20.7. The lowest BCUT2D eigenvalue weighted by atomic mass is 9.82. The van der Waals surface area contributed by atoms with Gasteiger partial charge in [0.15, 0.2) is 46.5 Å². The summed E-state index contributed by atoms with van der Waals surface area (Å²) >= 11 is 3.25. The van der Waals surface area contributed by atoms with Gasteiger partial charge in [0.25, 0.3) is 0 Å². The number of thioether (sulfide) groups is 2. The topological polar surface area (TPSA) is 47.6 Å². The van der Waals surface area contributed by atoms with E-state index in [0.29, 0.717) is 27.9 Å². The van der Waals surface area contributed by atoms with Gasteiger partial charge in [-0.1, -0.05) is 105 Å². The fourth-order valence-corrected chi connectivity index (χ4v) is 9.05. The number of alkyl halides is 1. The van der Waals surface area contributed by atoms with Gasteiger partial charge in [-0.2, -0.15) is 34.0 Å². The van der Waals surface area contributed by atoms with Crippen LogP contribution in [0.1, 0.15) is 155 Å². The minimum atomic E-state index is -2.18. The van der Waals surface area contributed by atoms with Crippen LogP contribution in [-0.2, 0) is 41.9 Å². The zero-order valence-corrected chi connectivity index (χ0v) is 38.8. The van der Waals surface area contributed by atoms with Crippen molar-refractivity contribution < 1.29 is 43.9 Å². The Morgan fingerprint density at radius 1 is 0.524 bits per heavy atom. The number of nitrogens with zero attached hydrogens (tertiary/aromatic N) is 2. The molecule has 0 spiro atoms. The van der Waals surface area contributed by atoms with Crippen molar-refractivity contribution in [2.24, 2.45) is 0 Å². The average molecular weight is 925 g/mol. The first-order valence-corrected chi connectivity index (χ1v) is 23.2. The van der Waals surface area contributed by atoms with E-state index in [0.717, 1.165) is 29.5 Å². The molecule has 0 amide bonds. The molecular formula is C49H54F10N2S2. The Hall–Kier alpha value is -4.14. The van der Waals surface area contributed by atoms with E-state index in [1.807, 2.05) is 73.8 Å². The second-order valence-electron chi connectivity index (χ2n) is 17.2. The number of rotatable bonds is 10. The van der Waals surface area contributed by atoms with Crippen LogP contribution in [0.2, 0.25) is 0 Å². The molecule has 0 unspecified atom stereocenters. The smallest absolute Gasteiger partial charge is 0.200 e. The van der Waals surface area contributed by atoms with E-state index in [1.165, 1.54) is 37.4 Å². The molecular weight excluding hydrogens is 871 g/mol. The summed E-state index contributed by atoms with van der Waals surface area (Å²) in [4.78, 5) is 0. The van der Waals surface area contributed by atoms with Gasteiger partial charge in [-0.05, 0) is 63.3 Å². The molecule has 0 bridgehead atoms. The summed E-state index contributed by atoms with van der Waals surface area (Å²) in [7, 11) is 0. The predicted molar refractivity (Wildman–Crippen MR) is 234 cm³/mol. The highest BCUT2D eigenvalue weighted by atomic mass is 32.2. The van der Waals surface area contributed by atoms with E-state index in [1.54, 1.807) is 23.9 Å². The molecule has 0 atom stereocenters. The molecule has 14 heteroatoms. The van der Waals surface area contributed by atoms with Gasteiger partial charge in [-0.15, -0.1) is 0 Å². The van der Waals surface area contributed by atoms with Crippen molar-refractivity contribution in [3.63, 3.8) is 0 Å². The van der Waals surface area contributed by atoms with Crippen LogP contribution in [0.3, 0.4) is 0 Å². The van der Waals surface area contributed by atoms with Crippen LogP contribution >= 0.6 is 23.5 Å². The summed E-state index contributed by atoms with van der Waals surface area (Å²) in [5.74, 6) is -16.2. The van der Waals surface area contributed by atoms with E-state index in [9.17, 15) is 54.4 Å². The van der Waals surface area contributed by atoms with Gasteiger partial charge in [0.2, 0.25) is 5.82 Å². The zero-order valence-electron chi connectivity index (χ0n) is 37.2. The Bertz CT molecular complexity index is 2300. The summed E-state index contributed by atoms with van der Waals surface area (Å²) < 4.78 is 139. The van der Waals surface area contributed by atoms with Crippen molar-refractivity contribution in [2.45, 2.75) is 141 Å². The first kappa shape index (κ1) is 53.2. The molecule has 342 valence electrons. The molecule has 4 aromatic carbocycles. The molecule has 0 radical (unpaired) electrons. The molecule has 2 nitrogen and oxygen atoms in total.